The van der Waals surface area contributed by atoms with Crippen molar-refractivity contribution in [3.8, 4) is 0 Å². The Morgan fingerprint density at radius 1 is 1.43 bits per heavy atom. The maximum Gasteiger partial charge on any atom is 0.225 e. The van der Waals surface area contributed by atoms with Crippen molar-refractivity contribution in [1.29, 1.82) is 0 Å². The van der Waals surface area contributed by atoms with Gasteiger partial charge < -0.3 is 10.4 Å². The van der Waals surface area contributed by atoms with Crippen LogP contribution in [0.3, 0.4) is 0 Å². The number of nitrogens with zero attached hydrogens (tertiary/aromatic N) is 1. The van der Waals surface area contributed by atoms with Gasteiger partial charge in [0, 0.05) is 31.1 Å². The zero-order chi connectivity index (χ0) is 15.5. The Morgan fingerprint density at radius 2 is 2.14 bits per heavy atom. The van der Waals surface area contributed by atoms with E-state index in [0.29, 0.717) is 41.8 Å². The van der Waals surface area contributed by atoms with Gasteiger partial charge in [-0.2, -0.15) is 0 Å². The van der Waals surface area contributed by atoms with Crippen LogP contribution in [0.4, 0.5) is 5.69 Å². The summed E-state index contributed by atoms with van der Waals surface area (Å²) >= 11 is 11.9. The first-order valence-electron chi connectivity index (χ1n) is 7.11. The molecule has 116 valence electrons. The van der Waals surface area contributed by atoms with Crippen LogP contribution in [0.15, 0.2) is 18.2 Å². The number of likely N-dealkylation sites (tertiary alicyclic amines) is 1. The van der Waals surface area contributed by atoms with Crippen LogP contribution in [0, 0.1) is 0 Å². The minimum atomic E-state index is -0.554. The van der Waals surface area contributed by atoms with E-state index in [9.17, 15) is 9.90 Å². The van der Waals surface area contributed by atoms with Crippen molar-refractivity contribution in [1.82, 2.24) is 4.90 Å². The van der Waals surface area contributed by atoms with Gasteiger partial charge in [-0.15, -0.1) is 0 Å². The molecule has 1 saturated heterocycles. The van der Waals surface area contributed by atoms with Crippen molar-refractivity contribution in [3.05, 3.63) is 28.2 Å². The summed E-state index contributed by atoms with van der Waals surface area (Å²) in [5, 5.41) is 13.8. The van der Waals surface area contributed by atoms with E-state index in [-0.39, 0.29) is 5.91 Å². The summed E-state index contributed by atoms with van der Waals surface area (Å²) in [6.45, 7) is 3.98. The number of hydrogen-bond donors (Lipinski definition) is 2. The number of carbonyl (C=O) groups is 1. The third-order valence-corrected chi connectivity index (χ3v) is 4.17. The van der Waals surface area contributed by atoms with E-state index in [1.165, 1.54) is 0 Å². The fraction of sp³-hybridized carbons (Fsp3) is 0.533. The number of β-amino-alcohol motifs (C(OH)–C–C–N with tert-alkyl or cyclic N) is 1. The molecule has 1 fully saturated rings. The smallest absolute Gasteiger partial charge is 0.225 e. The minimum absolute atomic E-state index is 0.106. The van der Waals surface area contributed by atoms with Crippen LogP contribution in [0.1, 0.15) is 26.2 Å². The van der Waals surface area contributed by atoms with E-state index < -0.39 is 5.60 Å². The first-order chi connectivity index (χ1) is 9.92. The summed E-state index contributed by atoms with van der Waals surface area (Å²) in [5.74, 6) is -0.106. The number of carbonyl (C=O) groups excluding carboxylic acids is 1. The quantitative estimate of drug-likeness (QED) is 0.842. The molecule has 2 rings (SSSR count). The fourth-order valence-corrected chi connectivity index (χ4v) is 2.97. The summed E-state index contributed by atoms with van der Waals surface area (Å²) in [6.07, 6.45) is 2.15. The number of benzene rings is 1. The molecule has 1 aromatic carbocycles. The predicted octanol–water partition coefficient (Wildman–Crippen LogP) is 3.17. The molecule has 0 bridgehead atoms. The fourth-order valence-electron chi connectivity index (χ4n) is 2.63. The average molecular weight is 331 g/mol. The number of rotatable bonds is 6. The SMILES string of the molecule is CCCC1(O)CN(CCC(=O)Nc2cc(Cl)ccc2Cl)C1. The standard InChI is InChI=1S/C15H20Cl2N2O2/c1-2-6-15(21)9-19(10-15)7-5-14(20)18-13-8-11(16)3-4-12(13)17/h3-4,8,21H,2,5-7,9-10H2,1H3,(H,18,20). The van der Waals surface area contributed by atoms with Gasteiger partial charge in [-0.05, 0) is 24.6 Å². The zero-order valence-corrected chi connectivity index (χ0v) is 13.5. The van der Waals surface area contributed by atoms with E-state index >= 15 is 0 Å². The van der Waals surface area contributed by atoms with E-state index in [1.54, 1.807) is 18.2 Å². The van der Waals surface area contributed by atoms with Crippen molar-refractivity contribution in [2.24, 2.45) is 0 Å². The second-order valence-electron chi connectivity index (χ2n) is 5.61. The molecule has 0 unspecified atom stereocenters. The Balaban J connectivity index is 1.75. The lowest BCUT2D eigenvalue weighted by Gasteiger charge is -2.46. The number of nitrogens with one attached hydrogen (secondary N) is 1. The van der Waals surface area contributed by atoms with Crippen molar-refractivity contribution in [2.75, 3.05) is 25.0 Å². The molecule has 1 heterocycles. The third-order valence-electron chi connectivity index (χ3n) is 3.61. The monoisotopic (exact) mass is 330 g/mol. The Hall–Kier alpha value is -0.810. The maximum atomic E-state index is 11.9. The summed E-state index contributed by atoms with van der Waals surface area (Å²) in [4.78, 5) is 14.0. The lowest BCUT2D eigenvalue weighted by Crippen LogP contribution is -2.61. The van der Waals surface area contributed by atoms with Crippen LogP contribution in [0.25, 0.3) is 0 Å². The molecule has 0 atom stereocenters. The van der Waals surface area contributed by atoms with E-state index in [2.05, 4.69) is 17.1 Å². The number of aliphatic hydroxyl groups is 1. The minimum Gasteiger partial charge on any atom is -0.387 e. The Kier molecular flexibility index (Phi) is 5.49. The van der Waals surface area contributed by atoms with Crippen molar-refractivity contribution in [3.63, 3.8) is 0 Å². The van der Waals surface area contributed by atoms with Crippen molar-refractivity contribution >= 4 is 34.8 Å². The molecular weight excluding hydrogens is 311 g/mol. The van der Waals surface area contributed by atoms with Gasteiger partial charge in [0.2, 0.25) is 5.91 Å². The van der Waals surface area contributed by atoms with Gasteiger partial charge in [-0.25, -0.2) is 0 Å². The Bertz CT molecular complexity index is 516. The molecule has 1 aliphatic heterocycles. The lowest BCUT2D eigenvalue weighted by molar-refractivity contribution is -0.121. The molecular formula is C15H20Cl2N2O2. The van der Waals surface area contributed by atoms with Crippen molar-refractivity contribution < 1.29 is 9.90 Å². The molecule has 0 aliphatic carbocycles. The molecule has 21 heavy (non-hydrogen) atoms. The topological polar surface area (TPSA) is 52.6 Å². The summed E-state index contributed by atoms with van der Waals surface area (Å²) < 4.78 is 0. The summed E-state index contributed by atoms with van der Waals surface area (Å²) in [7, 11) is 0. The second kappa shape index (κ2) is 6.97. The maximum absolute atomic E-state index is 11.9. The lowest BCUT2D eigenvalue weighted by atomic mass is 9.89. The van der Waals surface area contributed by atoms with Gasteiger partial charge in [0.15, 0.2) is 0 Å². The molecule has 0 spiro atoms. The highest BCUT2D eigenvalue weighted by molar-refractivity contribution is 6.35. The molecule has 1 amide bonds. The number of anilines is 1. The molecule has 0 aromatic heterocycles. The highest BCUT2D eigenvalue weighted by atomic mass is 35.5. The molecule has 4 nitrogen and oxygen atoms in total. The van der Waals surface area contributed by atoms with E-state index in [0.717, 1.165) is 12.8 Å². The summed E-state index contributed by atoms with van der Waals surface area (Å²) in [5.41, 5.74) is -0.0261. The van der Waals surface area contributed by atoms with Gasteiger partial charge in [0.1, 0.15) is 0 Å². The highest BCUT2D eigenvalue weighted by Gasteiger charge is 2.39. The highest BCUT2D eigenvalue weighted by Crippen LogP contribution is 2.27. The second-order valence-corrected chi connectivity index (χ2v) is 6.45. The van der Waals surface area contributed by atoms with Crippen LogP contribution >= 0.6 is 23.2 Å². The molecule has 2 N–H and O–H groups in total. The molecule has 6 heteroatoms. The molecule has 0 saturated carbocycles. The number of halogens is 2. The average Bonchev–Trinajstić information content (AvgIpc) is 2.38. The Labute approximate surface area is 135 Å². The molecule has 1 aliphatic rings. The van der Waals surface area contributed by atoms with E-state index in [1.807, 2.05) is 0 Å². The normalized spacial score (nSPS) is 17.3. The van der Waals surface area contributed by atoms with E-state index in [4.69, 9.17) is 23.2 Å². The van der Waals surface area contributed by atoms with Gasteiger partial charge >= 0.3 is 0 Å². The number of amides is 1. The zero-order valence-electron chi connectivity index (χ0n) is 12.0. The van der Waals surface area contributed by atoms with Gasteiger partial charge in [0.25, 0.3) is 0 Å². The first-order valence-corrected chi connectivity index (χ1v) is 7.87. The molecule has 1 aromatic rings. The summed E-state index contributed by atoms with van der Waals surface area (Å²) in [6, 6.07) is 4.96. The van der Waals surface area contributed by atoms with Gasteiger partial charge in [0.05, 0.1) is 16.3 Å². The van der Waals surface area contributed by atoms with Gasteiger partial charge in [-0.1, -0.05) is 36.5 Å². The van der Waals surface area contributed by atoms with Crippen LogP contribution < -0.4 is 5.32 Å². The predicted molar refractivity (Wildman–Crippen MR) is 86.0 cm³/mol. The van der Waals surface area contributed by atoms with Crippen LogP contribution in [0.2, 0.25) is 10.0 Å². The van der Waals surface area contributed by atoms with Crippen molar-refractivity contribution in [2.45, 2.75) is 31.8 Å². The van der Waals surface area contributed by atoms with Crippen LogP contribution in [-0.4, -0.2) is 41.1 Å². The van der Waals surface area contributed by atoms with Crippen LogP contribution in [-0.2, 0) is 4.79 Å². The third kappa shape index (κ3) is 4.58. The largest absolute Gasteiger partial charge is 0.387 e. The first kappa shape index (κ1) is 16.6. The van der Waals surface area contributed by atoms with Crippen LogP contribution in [0.5, 0.6) is 0 Å². The van der Waals surface area contributed by atoms with Gasteiger partial charge in [-0.3, -0.25) is 9.69 Å². The number of hydrogen-bond acceptors (Lipinski definition) is 3. The Morgan fingerprint density at radius 3 is 2.81 bits per heavy atom. The molecule has 0 radical (unpaired) electrons.